The summed E-state index contributed by atoms with van der Waals surface area (Å²) in [6, 6.07) is 12.7. The molecular formula is C21H23N5O2. The van der Waals surface area contributed by atoms with E-state index in [0.29, 0.717) is 11.6 Å². The Bertz CT molecular complexity index is 1030. The third kappa shape index (κ3) is 3.43. The smallest absolute Gasteiger partial charge is 0.255 e. The largest absolute Gasteiger partial charge is 0.508 e. The highest BCUT2D eigenvalue weighted by atomic mass is 16.3. The highest BCUT2D eigenvalue weighted by Gasteiger charge is 2.27. The minimum absolute atomic E-state index is 0.0839. The number of aromatic nitrogens is 3. The van der Waals surface area contributed by atoms with Crippen LogP contribution in [0.4, 0.5) is 11.6 Å². The maximum atomic E-state index is 12.5. The summed E-state index contributed by atoms with van der Waals surface area (Å²) >= 11 is 0. The van der Waals surface area contributed by atoms with Crippen molar-refractivity contribution in [1.29, 1.82) is 0 Å². The second-order valence-corrected chi connectivity index (χ2v) is 7.08. The lowest BCUT2D eigenvalue weighted by atomic mass is 10.1. The van der Waals surface area contributed by atoms with Gasteiger partial charge in [0, 0.05) is 68.5 Å². The Hall–Kier alpha value is -3.35. The van der Waals surface area contributed by atoms with Crippen LogP contribution in [0.3, 0.4) is 0 Å². The first-order valence-corrected chi connectivity index (χ1v) is 9.32. The van der Waals surface area contributed by atoms with Crippen LogP contribution in [0.15, 0.2) is 59.7 Å². The number of phenols is 1. The number of aromatic hydroxyl groups is 1. The van der Waals surface area contributed by atoms with E-state index in [0.717, 1.165) is 30.9 Å². The summed E-state index contributed by atoms with van der Waals surface area (Å²) < 4.78 is 1.60. The number of pyridine rings is 1. The summed E-state index contributed by atoms with van der Waals surface area (Å²) in [7, 11) is 1.76. The molecule has 0 radical (unpaired) electrons. The van der Waals surface area contributed by atoms with Crippen molar-refractivity contribution in [3.8, 4) is 17.0 Å². The first-order chi connectivity index (χ1) is 13.5. The summed E-state index contributed by atoms with van der Waals surface area (Å²) in [4.78, 5) is 25.8. The molecule has 3 heterocycles. The van der Waals surface area contributed by atoms with Crippen LogP contribution in [0.1, 0.15) is 6.92 Å². The molecule has 1 aromatic carbocycles. The molecule has 28 heavy (non-hydrogen) atoms. The van der Waals surface area contributed by atoms with Gasteiger partial charge in [0.25, 0.3) is 5.56 Å². The molecular weight excluding hydrogens is 354 g/mol. The number of phenolic OH excluding ortho intramolecular Hbond substituents is 1. The zero-order chi connectivity index (χ0) is 19.7. The summed E-state index contributed by atoms with van der Waals surface area (Å²) in [6.45, 7) is 4.42. The average molecular weight is 377 g/mol. The van der Waals surface area contributed by atoms with Gasteiger partial charge in [0.15, 0.2) is 0 Å². The number of nitrogens with zero attached hydrogens (tertiary/aromatic N) is 5. The molecule has 2 aromatic heterocycles. The topological polar surface area (TPSA) is 74.5 Å². The van der Waals surface area contributed by atoms with Gasteiger partial charge in [-0.2, -0.15) is 0 Å². The Balaban J connectivity index is 1.63. The Morgan fingerprint density at radius 1 is 1.11 bits per heavy atom. The Kier molecular flexibility index (Phi) is 4.73. The van der Waals surface area contributed by atoms with E-state index >= 15 is 0 Å². The van der Waals surface area contributed by atoms with Gasteiger partial charge in [-0.15, -0.1) is 0 Å². The molecule has 1 fully saturated rings. The van der Waals surface area contributed by atoms with E-state index in [1.165, 1.54) is 0 Å². The van der Waals surface area contributed by atoms with Crippen LogP contribution in [0.5, 0.6) is 5.75 Å². The summed E-state index contributed by atoms with van der Waals surface area (Å²) in [6.07, 6.45) is 3.40. The van der Waals surface area contributed by atoms with Crippen LogP contribution >= 0.6 is 0 Å². The van der Waals surface area contributed by atoms with Crippen molar-refractivity contribution in [2.75, 3.05) is 29.4 Å². The van der Waals surface area contributed by atoms with Crippen molar-refractivity contribution in [2.45, 2.75) is 13.0 Å². The molecule has 1 aliphatic heterocycles. The highest BCUT2D eigenvalue weighted by molar-refractivity contribution is 5.60. The Labute approximate surface area is 163 Å². The zero-order valence-corrected chi connectivity index (χ0v) is 16.0. The van der Waals surface area contributed by atoms with Gasteiger partial charge in [-0.05, 0) is 31.2 Å². The maximum absolute atomic E-state index is 12.5. The van der Waals surface area contributed by atoms with E-state index in [9.17, 15) is 9.90 Å². The normalized spacial score (nSPS) is 17.0. The third-order valence-corrected chi connectivity index (χ3v) is 5.17. The van der Waals surface area contributed by atoms with Gasteiger partial charge < -0.3 is 14.9 Å². The molecule has 7 heteroatoms. The van der Waals surface area contributed by atoms with Crippen molar-refractivity contribution in [1.82, 2.24) is 14.5 Å². The average Bonchev–Trinajstić information content (AvgIpc) is 2.71. The first-order valence-electron chi connectivity index (χ1n) is 9.32. The quantitative estimate of drug-likeness (QED) is 0.755. The van der Waals surface area contributed by atoms with Crippen LogP contribution in [-0.2, 0) is 7.05 Å². The minimum Gasteiger partial charge on any atom is -0.508 e. The molecule has 0 amide bonds. The van der Waals surface area contributed by atoms with E-state index in [-0.39, 0.29) is 17.4 Å². The summed E-state index contributed by atoms with van der Waals surface area (Å²) in [5.41, 5.74) is 2.45. The lowest BCUT2D eigenvalue weighted by molar-refractivity contribution is 0.474. The number of piperazine rings is 1. The van der Waals surface area contributed by atoms with Crippen LogP contribution in [0, 0.1) is 0 Å². The van der Waals surface area contributed by atoms with Crippen LogP contribution in [-0.4, -0.2) is 45.3 Å². The minimum atomic E-state index is -0.0839. The fourth-order valence-corrected chi connectivity index (χ4v) is 3.63. The van der Waals surface area contributed by atoms with Gasteiger partial charge in [0.2, 0.25) is 5.95 Å². The molecule has 1 saturated heterocycles. The van der Waals surface area contributed by atoms with Crippen molar-refractivity contribution in [3.63, 3.8) is 0 Å². The fraction of sp³-hybridized carbons (Fsp3) is 0.286. The fourth-order valence-electron chi connectivity index (χ4n) is 3.63. The summed E-state index contributed by atoms with van der Waals surface area (Å²) in [5.74, 6) is 0.934. The second-order valence-electron chi connectivity index (χ2n) is 7.08. The number of anilines is 2. The molecule has 1 aliphatic rings. The van der Waals surface area contributed by atoms with Crippen molar-refractivity contribution < 1.29 is 5.11 Å². The predicted molar refractivity (Wildman–Crippen MR) is 110 cm³/mol. The molecule has 3 aromatic rings. The van der Waals surface area contributed by atoms with E-state index < -0.39 is 0 Å². The molecule has 4 rings (SSSR count). The van der Waals surface area contributed by atoms with Gasteiger partial charge in [-0.1, -0.05) is 6.07 Å². The number of rotatable bonds is 3. The molecule has 0 spiro atoms. The monoisotopic (exact) mass is 377 g/mol. The van der Waals surface area contributed by atoms with Gasteiger partial charge in [0.05, 0.1) is 5.69 Å². The van der Waals surface area contributed by atoms with E-state index in [2.05, 4.69) is 21.7 Å². The van der Waals surface area contributed by atoms with Gasteiger partial charge >= 0.3 is 0 Å². The SMILES string of the molecule is C[C@@H]1CN(c2cccc(O)c2)CCN1c1nc(-c2ccncc2)cc(=O)n1C. The first kappa shape index (κ1) is 18.0. The van der Waals surface area contributed by atoms with Crippen molar-refractivity contribution in [2.24, 2.45) is 7.05 Å². The standard InChI is InChI=1S/C21H23N5O2/c1-15-14-25(17-4-3-5-18(27)12-17)10-11-26(15)21-23-19(13-20(28)24(21)2)16-6-8-22-9-7-16/h3-9,12-13,15,27H,10-11,14H2,1-2H3/t15-/m1/s1. The van der Waals surface area contributed by atoms with Crippen molar-refractivity contribution in [3.05, 3.63) is 65.2 Å². The Morgan fingerprint density at radius 3 is 2.61 bits per heavy atom. The maximum Gasteiger partial charge on any atom is 0.255 e. The number of hydrogen-bond acceptors (Lipinski definition) is 6. The van der Waals surface area contributed by atoms with Gasteiger partial charge in [0.1, 0.15) is 5.75 Å². The second kappa shape index (κ2) is 7.34. The number of hydrogen-bond donors (Lipinski definition) is 1. The van der Waals surface area contributed by atoms with Crippen LogP contribution < -0.4 is 15.4 Å². The molecule has 0 bridgehead atoms. The highest BCUT2D eigenvalue weighted by Crippen LogP contribution is 2.26. The molecule has 0 unspecified atom stereocenters. The lowest BCUT2D eigenvalue weighted by Gasteiger charge is -2.42. The summed E-state index contributed by atoms with van der Waals surface area (Å²) in [5, 5.41) is 9.76. The lowest BCUT2D eigenvalue weighted by Crippen LogP contribution is -2.53. The molecule has 1 N–H and O–H groups in total. The molecule has 0 aliphatic carbocycles. The molecule has 7 nitrogen and oxygen atoms in total. The van der Waals surface area contributed by atoms with Gasteiger partial charge in [-0.25, -0.2) is 4.98 Å². The predicted octanol–water partition coefficient (Wildman–Crippen LogP) is 2.26. The third-order valence-electron chi connectivity index (χ3n) is 5.17. The van der Waals surface area contributed by atoms with E-state index in [1.807, 2.05) is 24.3 Å². The molecule has 1 atom stereocenters. The Morgan fingerprint density at radius 2 is 1.89 bits per heavy atom. The molecule has 144 valence electrons. The van der Waals surface area contributed by atoms with Crippen LogP contribution in [0.25, 0.3) is 11.3 Å². The van der Waals surface area contributed by atoms with Crippen molar-refractivity contribution >= 4 is 11.6 Å². The number of benzene rings is 1. The zero-order valence-electron chi connectivity index (χ0n) is 16.0. The van der Waals surface area contributed by atoms with E-state index in [4.69, 9.17) is 4.98 Å². The van der Waals surface area contributed by atoms with Gasteiger partial charge in [-0.3, -0.25) is 14.3 Å². The van der Waals surface area contributed by atoms with Crippen LogP contribution in [0.2, 0.25) is 0 Å². The van der Waals surface area contributed by atoms with E-state index in [1.54, 1.807) is 42.2 Å². The molecule has 0 saturated carbocycles.